The van der Waals surface area contributed by atoms with Crippen molar-refractivity contribution in [1.29, 1.82) is 0 Å². The molecule has 0 radical (unpaired) electrons. The van der Waals surface area contributed by atoms with Crippen LogP contribution < -0.4 is 33.2 Å². The number of aromatic nitrogens is 1. The summed E-state index contributed by atoms with van der Waals surface area (Å²) in [5, 5.41) is 26.4. The van der Waals surface area contributed by atoms with Crippen LogP contribution in [0.1, 0.15) is 44.1 Å². The SMILES string of the molecule is NCCCCC(NC(=O)C(Cc1c[nH]c2ccccc12)NC(=O)C(N)CCC(N)=O)C(=O)NC(CC(=O)O)C(=O)O. The second kappa shape index (κ2) is 15.9. The lowest BCUT2D eigenvalue weighted by atomic mass is 10.0. The molecule has 0 saturated heterocycles. The molecule has 0 aliphatic carbocycles. The number of carboxylic acid groups (broad SMARTS) is 2. The fourth-order valence-electron chi connectivity index (χ4n) is 4.12. The average Bonchev–Trinajstić information content (AvgIpc) is 3.32. The number of primary amides is 1. The summed E-state index contributed by atoms with van der Waals surface area (Å²) in [4.78, 5) is 76.1. The van der Waals surface area contributed by atoms with Crippen molar-refractivity contribution in [2.24, 2.45) is 17.2 Å². The van der Waals surface area contributed by atoms with Gasteiger partial charge in [0.25, 0.3) is 0 Å². The highest BCUT2D eigenvalue weighted by atomic mass is 16.4. The summed E-state index contributed by atoms with van der Waals surface area (Å²) in [5.41, 5.74) is 18.1. The van der Waals surface area contributed by atoms with Crippen LogP contribution in [0, 0.1) is 0 Å². The van der Waals surface area contributed by atoms with Crippen LogP contribution in [0.15, 0.2) is 30.5 Å². The smallest absolute Gasteiger partial charge is 0.326 e. The van der Waals surface area contributed by atoms with Crippen molar-refractivity contribution in [2.75, 3.05) is 6.54 Å². The third kappa shape index (κ3) is 10.5. The van der Waals surface area contributed by atoms with Crippen LogP contribution in [-0.2, 0) is 35.2 Å². The minimum Gasteiger partial charge on any atom is -0.481 e. The third-order valence-corrected chi connectivity index (χ3v) is 6.34. The van der Waals surface area contributed by atoms with Gasteiger partial charge in [-0.25, -0.2) is 4.79 Å². The first-order valence-corrected chi connectivity index (χ1v) is 13.1. The predicted octanol–water partition coefficient (Wildman–Crippen LogP) is -1.55. The number of nitrogens with one attached hydrogen (secondary N) is 4. The van der Waals surface area contributed by atoms with E-state index in [0.717, 1.165) is 10.9 Å². The Kier molecular flexibility index (Phi) is 12.7. The van der Waals surface area contributed by atoms with Crippen molar-refractivity contribution in [1.82, 2.24) is 20.9 Å². The van der Waals surface area contributed by atoms with Gasteiger partial charge in [-0.1, -0.05) is 18.2 Å². The van der Waals surface area contributed by atoms with Crippen molar-refractivity contribution in [3.63, 3.8) is 0 Å². The molecule has 1 heterocycles. The fourth-order valence-corrected chi connectivity index (χ4v) is 4.12. The van der Waals surface area contributed by atoms with Crippen molar-refractivity contribution >= 4 is 46.5 Å². The molecule has 41 heavy (non-hydrogen) atoms. The first kappa shape index (κ1) is 32.7. The highest BCUT2D eigenvalue weighted by Crippen LogP contribution is 2.19. The average molecular weight is 576 g/mol. The molecule has 2 rings (SSSR count). The Morgan fingerprint density at radius 1 is 0.854 bits per heavy atom. The first-order chi connectivity index (χ1) is 19.4. The van der Waals surface area contributed by atoms with Gasteiger partial charge in [-0.05, 0) is 43.9 Å². The molecular weight excluding hydrogens is 538 g/mol. The molecule has 4 unspecified atom stereocenters. The Labute approximate surface area is 235 Å². The van der Waals surface area contributed by atoms with E-state index in [-0.39, 0.29) is 25.7 Å². The number of carbonyl (C=O) groups is 6. The number of benzene rings is 1. The van der Waals surface area contributed by atoms with E-state index in [4.69, 9.17) is 22.3 Å². The molecule has 0 aliphatic heterocycles. The van der Waals surface area contributed by atoms with Gasteiger partial charge in [-0.3, -0.25) is 24.0 Å². The molecule has 15 nitrogen and oxygen atoms in total. The van der Waals surface area contributed by atoms with Gasteiger partial charge in [0.05, 0.1) is 12.5 Å². The standard InChI is InChI=1S/C26H37N7O8/c27-10-4-3-7-18(24(38)33-20(26(40)41)12-22(35)36)31-25(39)19(32-23(37)16(28)8-9-21(29)34)11-14-13-30-17-6-2-1-5-15(14)17/h1-2,5-6,13,16,18-20,30H,3-4,7-12,27-28H2,(H2,29,34)(H,31,39)(H,32,37)(H,33,38)(H,35,36)(H,40,41). The molecule has 0 fully saturated rings. The van der Waals surface area contributed by atoms with E-state index in [1.54, 1.807) is 12.3 Å². The number of fused-ring (bicyclic) bond motifs is 1. The zero-order valence-electron chi connectivity index (χ0n) is 22.4. The molecule has 1 aromatic carbocycles. The third-order valence-electron chi connectivity index (χ3n) is 6.34. The van der Waals surface area contributed by atoms with Crippen molar-refractivity contribution in [3.8, 4) is 0 Å². The van der Waals surface area contributed by atoms with Crippen LogP contribution in [0.5, 0.6) is 0 Å². The van der Waals surface area contributed by atoms with Crippen LogP contribution in [0.2, 0.25) is 0 Å². The molecule has 1 aromatic heterocycles. The Morgan fingerprint density at radius 3 is 2.12 bits per heavy atom. The molecule has 224 valence electrons. The number of amides is 4. The molecular formula is C26H37N7O8. The summed E-state index contributed by atoms with van der Waals surface area (Å²) in [6.07, 6.45) is 1.58. The minimum atomic E-state index is -1.72. The number of aromatic amines is 1. The Hall–Kier alpha value is -4.50. The number of unbranched alkanes of at least 4 members (excludes halogenated alkanes) is 1. The molecule has 4 atom stereocenters. The van der Waals surface area contributed by atoms with Gasteiger partial charge in [0.1, 0.15) is 18.1 Å². The summed E-state index contributed by atoms with van der Waals surface area (Å²) in [6, 6.07) is 1.95. The number of carbonyl (C=O) groups excluding carboxylic acids is 4. The van der Waals surface area contributed by atoms with Crippen molar-refractivity contribution in [2.45, 2.75) is 69.1 Å². The van der Waals surface area contributed by atoms with Crippen LogP contribution in [0.3, 0.4) is 0 Å². The molecule has 0 saturated carbocycles. The second-order valence-electron chi connectivity index (χ2n) is 9.58. The molecule has 0 spiro atoms. The van der Waals surface area contributed by atoms with Crippen LogP contribution >= 0.6 is 0 Å². The first-order valence-electron chi connectivity index (χ1n) is 13.1. The van der Waals surface area contributed by atoms with Gasteiger partial charge >= 0.3 is 11.9 Å². The number of aliphatic carboxylic acids is 2. The zero-order valence-corrected chi connectivity index (χ0v) is 22.4. The van der Waals surface area contributed by atoms with E-state index in [2.05, 4.69) is 20.9 Å². The fraction of sp³-hybridized carbons (Fsp3) is 0.462. The number of hydrogen-bond donors (Lipinski definition) is 9. The number of nitrogens with two attached hydrogens (primary N) is 3. The van der Waals surface area contributed by atoms with E-state index in [0.29, 0.717) is 24.9 Å². The Morgan fingerprint density at radius 2 is 1.49 bits per heavy atom. The van der Waals surface area contributed by atoms with E-state index in [1.807, 2.05) is 18.2 Å². The second-order valence-corrected chi connectivity index (χ2v) is 9.58. The number of H-pyrrole nitrogens is 1. The van der Waals surface area contributed by atoms with Gasteiger partial charge < -0.3 is 48.3 Å². The summed E-state index contributed by atoms with van der Waals surface area (Å²) in [7, 11) is 0. The molecule has 0 bridgehead atoms. The van der Waals surface area contributed by atoms with Crippen LogP contribution in [0.4, 0.5) is 0 Å². The van der Waals surface area contributed by atoms with Gasteiger partial charge in [-0.15, -0.1) is 0 Å². The quantitative estimate of drug-likeness (QED) is 0.0922. The molecule has 0 aliphatic rings. The minimum absolute atomic E-state index is 0.00195. The summed E-state index contributed by atoms with van der Waals surface area (Å²) in [6.45, 7) is 0.307. The lowest BCUT2D eigenvalue weighted by Gasteiger charge is -2.25. The lowest BCUT2D eigenvalue weighted by molar-refractivity contribution is -0.147. The maximum atomic E-state index is 13.5. The number of rotatable bonds is 18. The Balaban J connectivity index is 2.30. The largest absolute Gasteiger partial charge is 0.481 e. The number of hydrogen-bond acceptors (Lipinski definition) is 8. The maximum Gasteiger partial charge on any atom is 0.326 e. The lowest BCUT2D eigenvalue weighted by Crippen LogP contribution is -2.57. The Bertz CT molecular complexity index is 1250. The van der Waals surface area contributed by atoms with Gasteiger partial charge in [0.2, 0.25) is 23.6 Å². The van der Waals surface area contributed by atoms with Crippen molar-refractivity contribution < 1.29 is 39.0 Å². The number of para-hydroxylation sites is 1. The van der Waals surface area contributed by atoms with Gasteiger partial charge in [0, 0.05) is 29.9 Å². The normalized spacial score (nSPS) is 13.9. The van der Waals surface area contributed by atoms with E-state index >= 15 is 0 Å². The maximum absolute atomic E-state index is 13.5. The van der Waals surface area contributed by atoms with Gasteiger partial charge in [-0.2, -0.15) is 0 Å². The van der Waals surface area contributed by atoms with Crippen LogP contribution in [0.25, 0.3) is 10.9 Å². The van der Waals surface area contributed by atoms with Crippen LogP contribution in [-0.4, -0.2) is 81.5 Å². The van der Waals surface area contributed by atoms with Crippen molar-refractivity contribution in [3.05, 3.63) is 36.0 Å². The summed E-state index contributed by atoms with van der Waals surface area (Å²) < 4.78 is 0. The van der Waals surface area contributed by atoms with E-state index in [9.17, 15) is 33.9 Å². The molecule has 15 heteroatoms. The molecule has 2 aromatic rings. The molecule has 4 amide bonds. The zero-order chi connectivity index (χ0) is 30.5. The topological polar surface area (TPSA) is 273 Å². The predicted molar refractivity (Wildman–Crippen MR) is 147 cm³/mol. The van der Waals surface area contributed by atoms with E-state index < -0.39 is 66.2 Å². The van der Waals surface area contributed by atoms with E-state index in [1.165, 1.54) is 0 Å². The number of carboxylic acids is 2. The summed E-state index contributed by atoms with van der Waals surface area (Å²) in [5.74, 6) is -6.01. The molecule has 12 N–H and O–H groups in total. The highest BCUT2D eigenvalue weighted by molar-refractivity contribution is 5.95. The van der Waals surface area contributed by atoms with Gasteiger partial charge in [0.15, 0.2) is 0 Å². The highest BCUT2D eigenvalue weighted by Gasteiger charge is 2.31. The summed E-state index contributed by atoms with van der Waals surface area (Å²) >= 11 is 0. The monoisotopic (exact) mass is 575 g/mol.